The summed E-state index contributed by atoms with van der Waals surface area (Å²) >= 11 is 0. The summed E-state index contributed by atoms with van der Waals surface area (Å²) in [6, 6.07) is 4.71. The van der Waals surface area contributed by atoms with E-state index in [0.717, 1.165) is 19.6 Å². The predicted octanol–water partition coefficient (Wildman–Crippen LogP) is 3.86. The lowest BCUT2D eigenvalue weighted by Gasteiger charge is -2.41. The summed E-state index contributed by atoms with van der Waals surface area (Å²) in [5.74, 6) is 0.674. The molecule has 116 valence electrons. The van der Waals surface area contributed by atoms with Crippen molar-refractivity contribution in [1.82, 2.24) is 10.3 Å². The average molecular weight is 288 g/mol. The van der Waals surface area contributed by atoms with E-state index in [1.165, 1.54) is 44.1 Å². The zero-order chi connectivity index (χ0) is 14.5. The molecule has 2 heterocycles. The molecule has 0 radical (unpaired) electrons. The summed E-state index contributed by atoms with van der Waals surface area (Å²) in [5.41, 5.74) is 1.53. The lowest BCUT2D eigenvalue weighted by molar-refractivity contribution is -0.0982. The second kappa shape index (κ2) is 6.89. The molecule has 0 amide bonds. The van der Waals surface area contributed by atoms with Gasteiger partial charge in [-0.1, -0.05) is 25.8 Å². The molecule has 2 unspecified atom stereocenters. The van der Waals surface area contributed by atoms with Crippen molar-refractivity contribution in [3.63, 3.8) is 0 Å². The molecule has 1 spiro atoms. The standard InChI is InChI=1S/C18H28N2O/c1-2-10-20-17(16-6-5-11-19-14-16)15-7-12-21-18(13-15)8-3-4-9-18/h5-6,11,14-15,17,20H,2-4,7-10,12-13H2,1H3. The van der Waals surface area contributed by atoms with Crippen molar-refractivity contribution in [3.05, 3.63) is 30.1 Å². The van der Waals surface area contributed by atoms with E-state index >= 15 is 0 Å². The summed E-state index contributed by atoms with van der Waals surface area (Å²) in [5, 5.41) is 3.77. The quantitative estimate of drug-likeness (QED) is 0.893. The number of hydrogen-bond acceptors (Lipinski definition) is 3. The number of nitrogens with one attached hydrogen (secondary N) is 1. The molecular formula is C18H28N2O. The predicted molar refractivity (Wildman–Crippen MR) is 85.1 cm³/mol. The molecule has 1 aromatic heterocycles. The highest BCUT2D eigenvalue weighted by atomic mass is 16.5. The topological polar surface area (TPSA) is 34.2 Å². The third-order valence-corrected chi connectivity index (χ3v) is 5.18. The summed E-state index contributed by atoms with van der Waals surface area (Å²) in [4.78, 5) is 4.33. The molecule has 1 N–H and O–H groups in total. The zero-order valence-corrected chi connectivity index (χ0v) is 13.2. The second-order valence-electron chi connectivity index (χ2n) is 6.71. The van der Waals surface area contributed by atoms with Gasteiger partial charge in [0.05, 0.1) is 5.60 Å². The van der Waals surface area contributed by atoms with Gasteiger partial charge in [0.2, 0.25) is 0 Å². The van der Waals surface area contributed by atoms with Gasteiger partial charge >= 0.3 is 0 Å². The van der Waals surface area contributed by atoms with E-state index in [4.69, 9.17) is 4.74 Å². The maximum atomic E-state index is 6.20. The van der Waals surface area contributed by atoms with Gasteiger partial charge in [0.25, 0.3) is 0 Å². The Labute approximate surface area is 128 Å². The van der Waals surface area contributed by atoms with E-state index < -0.39 is 0 Å². The molecule has 1 aliphatic heterocycles. The van der Waals surface area contributed by atoms with Crippen molar-refractivity contribution in [2.45, 2.75) is 63.5 Å². The van der Waals surface area contributed by atoms with Crippen molar-refractivity contribution in [3.8, 4) is 0 Å². The average Bonchev–Trinajstić information content (AvgIpc) is 2.97. The summed E-state index contributed by atoms with van der Waals surface area (Å²) in [6.45, 7) is 4.23. The first-order valence-electron chi connectivity index (χ1n) is 8.60. The Kier molecular flexibility index (Phi) is 4.91. The SMILES string of the molecule is CCCNC(c1cccnc1)C1CCOC2(CCCC2)C1. The molecule has 2 aliphatic rings. The highest BCUT2D eigenvalue weighted by molar-refractivity contribution is 5.16. The first-order valence-corrected chi connectivity index (χ1v) is 8.60. The van der Waals surface area contributed by atoms with Crippen LogP contribution in [0, 0.1) is 5.92 Å². The number of hydrogen-bond donors (Lipinski definition) is 1. The van der Waals surface area contributed by atoms with E-state index in [1.54, 1.807) is 0 Å². The first kappa shape index (κ1) is 15.0. The van der Waals surface area contributed by atoms with Gasteiger partial charge < -0.3 is 10.1 Å². The Bertz CT molecular complexity index is 428. The van der Waals surface area contributed by atoms with E-state index in [2.05, 4.69) is 29.4 Å². The van der Waals surface area contributed by atoms with Crippen LogP contribution >= 0.6 is 0 Å². The molecule has 1 aliphatic carbocycles. The minimum Gasteiger partial charge on any atom is -0.375 e. The normalized spacial score (nSPS) is 26.0. The molecule has 1 saturated heterocycles. The Morgan fingerprint density at radius 2 is 2.29 bits per heavy atom. The zero-order valence-electron chi connectivity index (χ0n) is 13.2. The molecule has 0 bridgehead atoms. The maximum Gasteiger partial charge on any atom is 0.0686 e. The van der Waals surface area contributed by atoms with E-state index in [1.807, 2.05) is 12.4 Å². The molecule has 0 aromatic carbocycles. The summed E-state index contributed by atoms with van der Waals surface area (Å²) in [7, 11) is 0. The van der Waals surface area contributed by atoms with Crippen molar-refractivity contribution >= 4 is 0 Å². The van der Waals surface area contributed by atoms with Gasteiger partial charge in [-0.3, -0.25) is 4.98 Å². The number of nitrogens with zero attached hydrogens (tertiary/aromatic N) is 1. The van der Waals surface area contributed by atoms with Crippen LogP contribution in [0.1, 0.15) is 63.5 Å². The number of ether oxygens (including phenoxy) is 1. The molecule has 2 atom stereocenters. The molecule has 1 aromatic rings. The fourth-order valence-corrected chi connectivity index (χ4v) is 4.13. The number of aromatic nitrogens is 1. The lowest BCUT2D eigenvalue weighted by Crippen LogP contribution is -2.42. The van der Waals surface area contributed by atoms with Crippen molar-refractivity contribution in [2.75, 3.05) is 13.2 Å². The van der Waals surface area contributed by atoms with Crippen LogP contribution in [0.3, 0.4) is 0 Å². The first-order chi connectivity index (χ1) is 10.3. The smallest absolute Gasteiger partial charge is 0.0686 e. The van der Waals surface area contributed by atoms with Gasteiger partial charge in [-0.15, -0.1) is 0 Å². The van der Waals surface area contributed by atoms with Crippen LogP contribution in [0.5, 0.6) is 0 Å². The van der Waals surface area contributed by atoms with Crippen molar-refractivity contribution < 1.29 is 4.74 Å². The van der Waals surface area contributed by atoms with Gasteiger partial charge in [0.15, 0.2) is 0 Å². The molecular weight excluding hydrogens is 260 g/mol. The van der Waals surface area contributed by atoms with Crippen LogP contribution in [0.15, 0.2) is 24.5 Å². The van der Waals surface area contributed by atoms with Gasteiger partial charge in [-0.25, -0.2) is 0 Å². The van der Waals surface area contributed by atoms with Crippen molar-refractivity contribution in [2.24, 2.45) is 5.92 Å². The number of pyridine rings is 1. The van der Waals surface area contributed by atoms with E-state index in [9.17, 15) is 0 Å². The Balaban J connectivity index is 1.75. The van der Waals surface area contributed by atoms with Crippen molar-refractivity contribution in [1.29, 1.82) is 0 Å². The van der Waals surface area contributed by atoms with Gasteiger partial charge in [-0.05, 0) is 56.2 Å². The number of rotatable bonds is 5. The minimum atomic E-state index is 0.192. The molecule has 3 heteroatoms. The van der Waals surface area contributed by atoms with Crippen LogP contribution in [0.4, 0.5) is 0 Å². The van der Waals surface area contributed by atoms with Crippen LogP contribution < -0.4 is 5.32 Å². The third-order valence-electron chi connectivity index (χ3n) is 5.18. The second-order valence-corrected chi connectivity index (χ2v) is 6.71. The van der Waals surface area contributed by atoms with Gasteiger partial charge in [0, 0.05) is 25.0 Å². The van der Waals surface area contributed by atoms with Gasteiger partial charge in [0.1, 0.15) is 0 Å². The largest absolute Gasteiger partial charge is 0.375 e. The molecule has 2 fully saturated rings. The Morgan fingerprint density at radius 3 is 3.00 bits per heavy atom. The fourth-order valence-electron chi connectivity index (χ4n) is 4.13. The third kappa shape index (κ3) is 3.46. The molecule has 1 saturated carbocycles. The Morgan fingerprint density at radius 1 is 1.43 bits per heavy atom. The molecule has 3 rings (SSSR count). The van der Waals surface area contributed by atoms with Crippen LogP contribution in [0.25, 0.3) is 0 Å². The summed E-state index contributed by atoms with van der Waals surface area (Å²) in [6.07, 6.45) is 12.6. The monoisotopic (exact) mass is 288 g/mol. The maximum absolute atomic E-state index is 6.20. The summed E-state index contributed by atoms with van der Waals surface area (Å²) < 4.78 is 6.20. The fraction of sp³-hybridized carbons (Fsp3) is 0.722. The van der Waals surface area contributed by atoms with Crippen LogP contribution in [0.2, 0.25) is 0 Å². The molecule has 21 heavy (non-hydrogen) atoms. The minimum absolute atomic E-state index is 0.192. The Hall–Kier alpha value is -0.930. The van der Waals surface area contributed by atoms with E-state index in [0.29, 0.717) is 12.0 Å². The van der Waals surface area contributed by atoms with E-state index in [-0.39, 0.29) is 5.60 Å². The highest BCUT2D eigenvalue weighted by Crippen LogP contribution is 2.45. The van der Waals surface area contributed by atoms with Crippen LogP contribution in [-0.2, 0) is 4.74 Å². The lowest BCUT2D eigenvalue weighted by atomic mass is 9.79. The van der Waals surface area contributed by atoms with Crippen LogP contribution in [-0.4, -0.2) is 23.7 Å². The highest BCUT2D eigenvalue weighted by Gasteiger charge is 2.42. The van der Waals surface area contributed by atoms with Gasteiger partial charge in [-0.2, -0.15) is 0 Å². The molecule has 3 nitrogen and oxygen atoms in total.